The maximum absolute atomic E-state index is 9.41. The summed E-state index contributed by atoms with van der Waals surface area (Å²) in [5, 5.41) is 18.8. The number of hydrogen-bond acceptors (Lipinski definition) is 6. The van der Waals surface area contributed by atoms with Gasteiger partial charge in [-0.2, -0.15) is 10.5 Å². The van der Waals surface area contributed by atoms with Crippen molar-refractivity contribution < 1.29 is 4.74 Å². The van der Waals surface area contributed by atoms with Crippen molar-refractivity contribution in [3.05, 3.63) is 40.0 Å². The van der Waals surface area contributed by atoms with E-state index < -0.39 is 0 Å². The summed E-state index contributed by atoms with van der Waals surface area (Å²) < 4.78 is 5.51. The van der Waals surface area contributed by atoms with E-state index in [1.165, 1.54) is 0 Å². The van der Waals surface area contributed by atoms with Gasteiger partial charge in [-0.1, -0.05) is 38.2 Å². The Labute approximate surface area is 158 Å². The Kier molecular flexibility index (Phi) is 6.35. The molecule has 2 aromatic rings. The lowest BCUT2D eigenvalue weighted by Gasteiger charge is -2.40. The number of benzene rings is 1. The lowest BCUT2D eigenvalue weighted by atomic mass is 9.96. The number of H-pyrrole nitrogens is 1. The van der Waals surface area contributed by atoms with Crippen LogP contribution in [-0.2, 0) is 4.74 Å². The van der Waals surface area contributed by atoms with Gasteiger partial charge < -0.3 is 20.4 Å². The highest BCUT2D eigenvalue weighted by molar-refractivity contribution is 7.71. The van der Waals surface area contributed by atoms with Gasteiger partial charge in [-0.25, -0.2) is 0 Å². The standard InChI is InChI=1S/C17H15N5OS.C2H6/c1-23-12-8-22(9-12)11-4-2-10(3-5-11)15-13(6-18)16(20)21-17(24)14(15)7-19;1-2/h2-5,12H,8-9H2,1H3,(H3,20,21,24);1-2H3. The van der Waals surface area contributed by atoms with Gasteiger partial charge in [0.15, 0.2) is 0 Å². The van der Waals surface area contributed by atoms with Crippen LogP contribution in [0.25, 0.3) is 11.1 Å². The molecule has 0 spiro atoms. The number of nitrogen functional groups attached to an aromatic ring is 1. The van der Waals surface area contributed by atoms with Crippen molar-refractivity contribution in [2.45, 2.75) is 20.0 Å². The van der Waals surface area contributed by atoms with E-state index in [4.69, 9.17) is 22.7 Å². The van der Waals surface area contributed by atoms with Crippen LogP contribution in [0.3, 0.4) is 0 Å². The molecule has 7 heteroatoms. The summed E-state index contributed by atoms with van der Waals surface area (Å²) in [5.74, 6) is 0.172. The summed E-state index contributed by atoms with van der Waals surface area (Å²) >= 11 is 5.17. The average molecular weight is 367 g/mol. The number of rotatable bonds is 3. The molecule has 1 saturated heterocycles. The summed E-state index contributed by atoms with van der Waals surface area (Å²) in [4.78, 5) is 4.90. The minimum atomic E-state index is 0.172. The Morgan fingerprint density at radius 2 is 1.73 bits per heavy atom. The quantitative estimate of drug-likeness (QED) is 0.804. The van der Waals surface area contributed by atoms with E-state index in [-0.39, 0.29) is 27.7 Å². The number of aromatic amines is 1. The van der Waals surface area contributed by atoms with Gasteiger partial charge in [0, 0.05) is 31.5 Å². The Morgan fingerprint density at radius 1 is 1.15 bits per heavy atom. The molecule has 1 aliphatic rings. The molecule has 1 aromatic carbocycles. The normalized spacial score (nSPS) is 13.0. The molecular weight excluding hydrogens is 346 g/mol. The van der Waals surface area contributed by atoms with Gasteiger partial charge in [-0.15, -0.1) is 0 Å². The Balaban J connectivity index is 0.00000117. The second kappa shape index (κ2) is 8.48. The van der Waals surface area contributed by atoms with Gasteiger partial charge in [0.1, 0.15) is 28.2 Å². The van der Waals surface area contributed by atoms with Crippen molar-refractivity contribution in [2.75, 3.05) is 30.8 Å². The molecule has 3 rings (SSSR count). The monoisotopic (exact) mass is 367 g/mol. The van der Waals surface area contributed by atoms with Crippen molar-refractivity contribution in [3.63, 3.8) is 0 Å². The second-order valence-electron chi connectivity index (χ2n) is 5.53. The maximum atomic E-state index is 9.41. The molecular formula is C19H21N5OS. The highest BCUT2D eigenvalue weighted by Gasteiger charge is 2.26. The highest BCUT2D eigenvalue weighted by atomic mass is 32.1. The number of methoxy groups -OCH3 is 1. The minimum Gasteiger partial charge on any atom is -0.384 e. The molecule has 6 nitrogen and oxygen atoms in total. The van der Waals surface area contributed by atoms with Crippen molar-refractivity contribution in [3.8, 4) is 23.3 Å². The fourth-order valence-electron chi connectivity index (χ4n) is 2.77. The lowest BCUT2D eigenvalue weighted by Crippen LogP contribution is -2.51. The molecule has 0 unspecified atom stereocenters. The van der Waals surface area contributed by atoms with Gasteiger partial charge in [-0.05, 0) is 17.7 Å². The number of nitrogens with zero attached hydrogens (tertiary/aromatic N) is 3. The first-order chi connectivity index (χ1) is 12.6. The zero-order chi connectivity index (χ0) is 19.3. The summed E-state index contributed by atoms with van der Waals surface area (Å²) in [6.45, 7) is 5.71. The van der Waals surface area contributed by atoms with Gasteiger partial charge in [0.05, 0.1) is 11.7 Å². The largest absolute Gasteiger partial charge is 0.384 e. The Bertz CT molecular complexity index is 915. The number of pyridine rings is 1. The van der Waals surface area contributed by atoms with E-state index in [0.717, 1.165) is 24.3 Å². The lowest BCUT2D eigenvalue weighted by molar-refractivity contribution is 0.0788. The van der Waals surface area contributed by atoms with E-state index in [1.54, 1.807) is 7.11 Å². The number of nitrogens with one attached hydrogen (secondary N) is 1. The van der Waals surface area contributed by atoms with E-state index in [0.29, 0.717) is 5.56 Å². The van der Waals surface area contributed by atoms with Crippen LogP contribution in [0.15, 0.2) is 24.3 Å². The molecule has 0 atom stereocenters. The molecule has 0 radical (unpaired) electrons. The van der Waals surface area contributed by atoms with Crippen LogP contribution >= 0.6 is 12.2 Å². The van der Waals surface area contributed by atoms with Gasteiger partial charge in [-0.3, -0.25) is 0 Å². The van der Waals surface area contributed by atoms with Crippen molar-refractivity contribution in [1.29, 1.82) is 10.5 Å². The van der Waals surface area contributed by atoms with Gasteiger partial charge >= 0.3 is 0 Å². The summed E-state index contributed by atoms with van der Waals surface area (Å²) in [5.41, 5.74) is 8.63. The van der Waals surface area contributed by atoms with Crippen LogP contribution in [-0.4, -0.2) is 31.3 Å². The molecule has 3 N–H and O–H groups in total. The number of nitrogens with two attached hydrogens (primary N) is 1. The first kappa shape index (κ1) is 19.5. The van der Waals surface area contributed by atoms with Crippen molar-refractivity contribution >= 4 is 23.7 Å². The Morgan fingerprint density at radius 3 is 2.23 bits per heavy atom. The molecule has 1 aromatic heterocycles. The number of ether oxygens (including phenoxy) is 1. The Hall–Kier alpha value is -2.87. The first-order valence-electron chi connectivity index (χ1n) is 8.33. The predicted octanol–water partition coefficient (Wildman–Crippen LogP) is 3.60. The van der Waals surface area contributed by atoms with Crippen LogP contribution in [0.2, 0.25) is 0 Å². The van der Waals surface area contributed by atoms with E-state index in [9.17, 15) is 10.5 Å². The van der Waals surface area contributed by atoms with Crippen LogP contribution < -0.4 is 10.6 Å². The molecule has 0 saturated carbocycles. The van der Waals surface area contributed by atoms with Crippen LogP contribution in [0.1, 0.15) is 25.0 Å². The highest BCUT2D eigenvalue weighted by Crippen LogP contribution is 2.32. The molecule has 0 bridgehead atoms. The van der Waals surface area contributed by atoms with Crippen LogP contribution in [0, 0.1) is 27.3 Å². The minimum absolute atomic E-state index is 0.172. The fourth-order valence-corrected chi connectivity index (χ4v) is 3.03. The topological polar surface area (TPSA) is 102 Å². The molecule has 2 heterocycles. The number of aromatic nitrogens is 1. The van der Waals surface area contributed by atoms with Crippen molar-refractivity contribution in [2.24, 2.45) is 0 Å². The summed E-state index contributed by atoms with van der Waals surface area (Å²) in [7, 11) is 1.71. The zero-order valence-electron chi connectivity index (χ0n) is 15.0. The molecule has 1 aliphatic heterocycles. The number of anilines is 2. The smallest absolute Gasteiger partial charge is 0.123 e. The zero-order valence-corrected chi connectivity index (χ0v) is 15.9. The average Bonchev–Trinajstić information content (AvgIpc) is 2.62. The third-order valence-electron chi connectivity index (χ3n) is 4.17. The SMILES string of the molecule is CC.COC1CN(c2ccc(-c3c(C#N)c(N)[nH]c(=S)c3C#N)cc2)C1. The predicted molar refractivity (Wildman–Crippen MR) is 105 cm³/mol. The molecule has 1 fully saturated rings. The third kappa shape index (κ3) is 3.55. The van der Waals surface area contributed by atoms with Gasteiger partial charge in [0.2, 0.25) is 0 Å². The summed E-state index contributed by atoms with van der Waals surface area (Å²) in [6.07, 6.45) is 0.271. The number of hydrogen-bond donors (Lipinski definition) is 2. The third-order valence-corrected chi connectivity index (χ3v) is 4.48. The fraction of sp³-hybridized carbons (Fsp3) is 0.316. The van der Waals surface area contributed by atoms with Crippen LogP contribution in [0.4, 0.5) is 11.5 Å². The first-order valence-corrected chi connectivity index (χ1v) is 8.74. The molecule has 26 heavy (non-hydrogen) atoms. The van der Waals surface area contributed by atoms with E-state index in [2.05, 4.69) is 22.0 Å². The van der Waals surface area contributed by atoms with Crippen LogP contribution in [0.5, 0.6) is 0 Å². The number of nitriles is 2. The summed E-state index contributed by atoms with van der Waals surface area (Å²) in [6, 6.07) is 11.8. The maximum Gasteiger partial charge on any atom is 0.123 e. The molecule has 0 amide bonds. The van der Waals surface area contributed by atoms with Crippen molar-refractivity contribution in [1.82, 2.24) is 4.98 Å². The molecule has 0 aliphatic carbocycles. The van der Waals surface area contributed by atoms with E-state index in [1.807, 2.05) is 38.1 Å². The van der Waals surface area contributed by atoms with E-state index >= 15 is 0 Å². The second-order valence-corrected chi connectivity index (χ2v) is 5.93. The van der Waals surface area contributed by atoms with Gasteiger partial charge in [0.25, 0.3) is 0 Å². The molecule has 134 valence electrons.